The fourth-order valence-electron chi connectivity index (χ4n) is 3.09. The second-order valence-corrected chi connectivity index (χ2v) is 6.93. The standard InChI is InChI=1S/C18H22N2OS/c1-13(19)14-7-10-20(11-8-14)18(21)17-16(9-12-22-17)15-5-3-2-4-6-15/h2-6,9,12-14H,7-8,10-11,19H2,1H3. The lowest BCUT2D eigenvalue weighted by molar-refractivity contribution is 0.0686. The summed E-state index contributed by atoms with van der Waals surface area (Å²) >= 11 is 1.54. The molecule has 1 fully saturated rings. The SMILES string of the molecule is CC(N)C1CCN(C(=O)c2sccc2-c2ccccc2)CC1. The van der Waals surface area contributed by atoms with Crippen molar-refractivity contribution in [3.63, 3.8) is 0 Å². The molecule has 0 bridgehead atoms. The summed E-state index contributed by atoms with van der Waals surface area (Å²) < 4.78 is 0. The van der Waals surface area contributed by atoms with Gasteiger partial charge in [0.05, 0.1) is 4.88 Å². The van der Waals surface area contributed by atoms with Crippen molar-refractivity contribution < 1.29 is 4.79 Å². The van der Waals surface area contributed by atoms with E-state index in [4.69, 9.17) is 5.73 Å². The van der Waals surface area contributed by atoms with Gasteiger partial charge in [-0.25, -0.2) is 0 Å². The Hall–Kier alpha value is -1.65. The van der Waals surface area contributed by atoms with Crippen LogP contribution < -0.4 is 5.73 Å². The molecule has 1 saturated heterocycles. The van der Waals surface area contributed by atoms with Crippen molar-refractivity contribution in [3.05, 3.63) is 46.7 Å². The second kappa shape index (κ2) is 6.63. The predicted molar refractivity (Wildman–Crippen MR) is 92.0 cm³/mol. The van der Waals surface area contributed by atoms with E-state index in [0.717, 1.165) is 41.9 Å². The molecule has 2 aromatic rings. The van der Waals surface area contributed by atoms with Crippen LogP contribution >= 0.6 is 11.3 Å². The summed E-state index contributed by atoms with van der Waals surface area (Å²) in [6.45, 7) is 3.70. The second-order valence-electron chi connectivity index (χ2n) is 6.02. The molecule has 2 N–H and O–H groups in total. The zero-order chi connectivity index (χ0) is 15.5. The van der Waals surface area contributed by atoms with Crippen LogP contribution in [0.5, 0.6) is 0 Å². The molecule has 3 rings (SSSR count). The zero-order valence-corrected chi connectivity index (χ0v) is 13.7. The minimum absolute atomic E-state index is 0.164. The number of nitrogens with two attached hydrogens (primary N) is 1. The lowest BCUT2D eigenvalue weighted by Crippen LogP contribution is -2.42. The van der Waals surface area contributed by atoms with Crippen molar-refractivity contribution >= 4 is 17.2 Å². The smallest absolute Gasteiger partial charge is 0.264 e. The summed E-state index contributed by atoms with van der Waals surface area (Å²) in [5.41, 5.74) is 8.14. The van der Waals surface area contributed by atoms with Crippen molar-refractivity contribution in [2.45, 2.75) is 25.8 Å². The minimum Gasteiger partial charge on any atom is -0.338 e. The third kappa shape index (κ3) is 3.08. The van der Waals surface area contributed by atoms with E-state index in [2.05, 4.69) is 19.1 Å². The van der Waals surface area contributed by atoms with Crippen molar-refractivity contribution in [1.82, 2.24) is 4.90 Å². The summed E-state index contributed by atoms with van der Waals surface area (Å²) in [6.07, 6.45) is 2.02. The maximum atomic E-state index is 12.8. The molecule has 0 aliphatic carbocycles. The Labute approximate surface area is 135 Å². The van der Waals surface area contributed by atoms with Crippen molar-refractivity contribution in [3.8, 4) is 11.1 Å². The van der Waals surface area contributed by atoms with Crippen LogP contribution in [0.4, 0.5) is 0 Å². The summed E-state index contributed by atoms with van der Waals surface area (Å²) in [5, 5.41) is 2.00. The molecule has 1 atom stereocenters. The van der Waals surface area contributed by atoms with Gasteiger partial charge in [0, 0.05) is 24.7 Å². The predicted octanol–water partition coefficient (Wildman–Crippen LogP) is 3.61. The van der Waals surface area contributed by atoms with Gasteiger partial charge in [-0.05, 0) is 42.7 Å². The molecule has 1 amide bonds. The molecule has 1 aliphatic heterocycles. The molecule has 2 heterocycles. The van der Waals surface area contributed by atoms with E-state index < -0.39 is 0 Å². The van der Waals surface area contributed by atoms with E-state index in [1.807, 2.05) is 34.5 Å². The Balaban J connectivity index is 1.76. The molecule has 4 heteroatoms. The first-order valence-corrected chi connectivity index (χ1v) is 8.72. The number of hydrogen-bond acceptors (Lipinski definition) is 3. The van der Waals surface area contributed by atoms with Crippen molar-refractivity contribution in [1.29, 1.82) is 0 Å². The van der Waals surface area contributed by atoms with Crippen molar-refractivity contribution in [2.75, 3.05) is 13.1 Å². The number of carbonyl (C=O) groups is 1. The molecule has 1 unspecified atom stereocenters. The lowest BCUT2D eigenvalue weighted by atomic mass is 9.91. The number of nitrogens with zero attached hydrogens (tertiary/aromatic N) is 1. The highest BCUT2D eigenvalue weighted by Crippen LogP contribution is 2.30. The lowest BCUT2D eigenvalue weighted by Gasteiger charge is -2.33. The van der Waals surface area contributed by atoms with Crippen LogP contribution in [0.3, 0.4) is 0 Å². The largest absolute Gasteiger partial charge is 0.338 e. The van der Waals surface area contributed by atoms with Gasteiger partial charge >= 0.3 is 0 Å². The van der Waals surface area contributed by atoms with Crippen LogP contribution in [0.15, 0.2) is 41.8 Å². The number of piperidine rings is 1. The molecule has 116 valence electrons. The number of rotatable bonds is 3. The summed E-state index contributed by atoms with van der Waals surface area (Å²) in [5.74, 6) is 0.706. The van der Waals surface area contributed by atoms with Gasteiger partial charge in [0.25, 0.3) is 5.91 Å². The quantitative estimate of drug-likeness (QED) is 0.940. The van der Waals surface area contributed by atoms with Gasteiger partial charge in [-0.1, -0.05) is 30.3 Å². The van der Waals surface area contributed by atoms with E-state index >= 15 is 0 Å². The fourth-order valence-corrected chi connectivity index (χ4v) is 3.97. The van der Waals surface area contributed by atoms with Crippen LogP contribution in [0.1, 0.15) is 29.4 Å². The van der Waals surface area contributed by atoms with Crippen LogP contribution in [0.25, 0.3) is 11.1 Å². The molecule has 1 aliphatic rings. The van der Waals surface area contributed by atoms with E-state index in [0.29, 0.717) is 5.92 Å². The summed E-state index contributed by atoms with van der Waals surface area (Å²) in [6, 6.07) is 12.4. The number of likely N-dealkylation sites (tertiary alicyclic amines) is 1. The van der Waals surface area contributed by atoms with E-state index in [-0.39, 0.29) is 11.9 Å². The fraction of sp³-hybridized carbons (Fsp3) is 0.389. The summed E-state index contributed by atoms with van der Waals surface area (Å²) in [7, 11) is 0. The maximum absolute atomic E-state index is 12.8. The number of carbonyl (C=O) groups excluding carboxylic acids is 1. The minimum atomic E-state index is 0.164. The first-order valence-electron chi connectivity index (χ1n) is 7.84. The van der Waals surface area contributed by atoms with Gasteiger partial charge in [-0.3, -0.25) is 4.79 Å². The average molecular weight is 314 g/mol. The number of amides is 1. The molecule has 0 radical (unpaired) electrons. The van der Waals surface area contributed by atoms with Gasteiger partial charge in [0.1, 0.15) is 0 Å². The van der Waals surface area contributed by atoms with E-state index in [1.165, 1.54) is 11.3 Å². The van der Waals surface area contributed by atoms with Crippen LogP contribution in [0, 0.1) is 5.92 Å². The van der Waals surface area contributed by atoms with E-state index in [1.54, 1.807) is 0 Å². The first-order chi connectivity index (χ1) is 10.7. The molecule has 22 heavy (non-hydrogen) atoms. The third-order valence-corrected chi connectivity index (χ3v) is 5.42. The maximum Gasteiger partial charge on any atom is 0.264 e. The molecular formula is C18H22N2OS. The van der Waals surface area contributed by atoms with Crippen LogP contribution in [-0.2, 0) is 0 Å². The Kier molecular flexibility index (Phi) is 4.60. The molecule has 1 aromatic carbocycles. The highest BCUT2D eigenvalue weighted by molar-refractivity contribution is 7.12. The highest BCUT2D eigenvalue weighted by atomic mass is 32.1. The van der Waals surface area contributed by atoms with Gasteiger partial charge in [0.15, 0.2) is 0 Å². The normalized spacial score (nSPS) is 17.5. The number of hydrogen-bond donors (Lipinski definition) is 1. The van der Waals surface area contributed by atoms with Gasteiger partial charge in [-0.15, -0.1) is 11.3 Å². The van der Waals surface area contributed by atoms with Gasteiger partial charge < -0.3 is 10.6 Å². The van der Waals surface area contributed by atoms with Gasteiger partial charge in [-0.2, -0.15) is 0 Å². The third-order valence-electron chi connectivity index (χ3n) is 4.51. The first kappa shape index (κ1) is 15.3. The van der Waals surface area contributed by atoms with Crippen LogP contribution in [-0.4, -0.2) is 29.9 Å². The van der Waals surface area contributed by atoms with Gasteiger partial charge in [0.2, 0.25) is 0 Å². The monoisotopic (exact) mass is 314 g/mol. The van der Waals surface area contributed by atoms with Crippen LogP contribution in [0.2, 0.25) is 0 Å². The summed E-state index contributed by atoms with van der Waals surface area (Å²) in [4.78, 5) is 15.7. The molecule has 3 nitrogen and oxygen atoms in total. The topological polar surface area (TPSA) is 46.3 Å². The highest BCUT2D eigenvalue weighted by Gasteiger charge is 2.27. The zero-order valence-electron chi connectivity index (χ0n) is 12.9. The molecule has 1 aromatic heterocycles. The average Bonchev–Trinajstić information content (AvgIpc) is 3.04. The number of benzene rings is 1. The Morgan fingerprint density at radius 2 is 1.91 bits per heavy atom. The number of thiophene rings is 1. The molecule has 0 saturated carbocycles. The van der Waals surface area contributed by atoms with Crippen molar-refractivity contribution in [2.24, 2.45) is 11.7 Å². The molecule has 0 spiro atoms. The Morgan fingerprint density at radius 1 is 1.23 bits per heavy atom. The Morgan fingerprint density at radius 3 is 2.55 bits per heavy atom. The Bertz CT molecular complexity index is 628. The molecular weight excluding hydrogens is 292 g/mol. The van der Waals surface area contributed by atoms with E-state index in [9.17, 15) is 4.79 Å².